The number of rotatable bonds is 5. The molecule has 0 saturated carbocycles. The summed E-state index contributed by atoms with van der Waals surface area (Å²) in [6, 6.07) is 7.22. The smallest absolute Gasteiger partial charge is 0.431 e. The number of nitrogens with one attached hydrogen (secondary N) is 1. The van der Waals surface area contributed by atoms with Crippen molar-refractivity contribution in [2.45, 2.75) is 45.8 Å². The van der Waals surface area contributed by atoms with Crippen molar-refractivity contribution in [1.82, 2.24) is 5.48 Å². The molecule has 2 N–H and O–H groups in total. The molecule has 0 radical (unpaired) electrons. The van der Waals surface area contributed by atoms with Gasteiger partial charge >= 0.3 is 12.1 Å². The molecule has 1 unspecified atom stereocenters. The first kappa shape index (κ1) is 17.0. The first-order chi connectivity index (χ1) is 9.67. The van der Waals surface area contributed by atoms with Gasteiger partial charge in [0.25, 0.3) is 0 Å². The van der Waals surface area contributed by atoms with Crippen LogP contribution in [0.25, 0.3) is 0 Å². The molecule has 116 valence electrons. The topological polar surface area (TPSA) is 84.9 Å². The molecule has 1 aromatic carbocycles. The largest absolute Gasteiger partial charge is 0.481 e. The zero-order valence-corrected chi connectivity index (χ0v) is 12.7. The predicted octanol–water partition coefficient (Wildman–Crippen LogP) is 2.97. The normalized spacial score (nSPS) is 12.6. The molecule has 0 fully saturated rings. The molecular weight excluding hydrogens is 274 g/mol. The third-order valence-electron chi connectivity index (χ3n) is 2.49. The molecule has 0 spiro atoms. The van der Waals surface area contributed by atoms with E-state index in [0.29, 0.717) is 5.56 Å². The minimum atomic E-state index is -1.02. The second kappa shape index (κ2) is 7.08. The van der Waals surface area contributed by atoms with E-state index in [4.69, 9.17) is 14.7 Å². The highest BCUT2D eigenvalue weighted by molar-refractivity contribution is 5.68. The Kier molecular flexibility index (Phi) is 5.72. The molecule has 0 aliphatic rings. The number of hydroxylamine groups is 1. The quantitative estimate of drug-likeness (QED) is 0.816. The van der Waals surface area contributed by atoms with Gasteiger partial charge in [0.2, 0.25) is 0 Å². The van der Waals surface area contributed by atoms with Crippen molar-refractivity contribution in [1.29, 1.82) is 0 Å². The monoisotopic (exact) mass is 295 g/mol. The molecule has 1 atom stereocenters. The van der Waals surface area contributed by atoms with Crippen LogP contribution in [0.5, 0.6) is 0 Å². The van der Waals surface area contributed by atoms with Crippen LogP contribution >= 0.6 is 0 Å². The van der Waals surface area contributed by atoms with E-state index in [1.54, 1.807) is 32.9 Å². The number of amides is 1. The van der Waals surface area contributed by atoms with Gasteiger partial charge < -0.3 is 9.84 Å². The lowest BCUT2D eigenvalue weighted by Gasteiger charge is -2.21. The van der Waals surface area contributed by atoms with Crippen LogP contribution in [0.4, 0.5) is 4.79 Å². The average Bonchev–Trinajstić information content (AvgIpc) is 2.33. The van der Waals surface area contributed by atoms with Gasteiger partial charge in [-0.25, -0.2) is 4.79 Å². The zero-order valence-electron chi connectivity index (χ0n) is 12.7. The maximum atomic E-state index is 11.5. The Morgan fingerprint density at radius 2 is 1.81 bits per heavy atom. The maximum absolute atomic E-state index is 11.5. The number of ether oxygens (including phenoxy) is 1. The molecule has 1 rings (SSSR count). The second-order valence-corrected chi connectivity index (χ2v) is 5.72. The standard InChI is InChI=1S/C15H21NO5/c1-10-5-7-11(8-6-10)12(9-13(17)18)21-16-14(19)20-15(2,3)4/h5-8,12H,9H2,1-4H3,(H,16,19)(H,17,18). The van der Waals surface area contributed by atoms with Crippen molar-refractivity contribution >= 4 is 12.1 Å². The van der Waals surface area contributed by atoms with Gasteiger partial charge in [0.1, 0.15) is 11.7 Å². The van der Waals surface area contributed by atoms with E-state index in [1.807, 2.05) is 19.1 Å². The van der Waals surface area contributed by atoms with Crippen molar-refractivity contribution in [2.75, 3.05) is 0 Å². The Hall–Kier alpha value is -2.08. The van der Waals surface area contributed by atoms with Crippen LogP contribution in [-0.4, -0.2) is 22.8 Å². The summed E-state index contributed by atoms with van der Waals surface area (Å²) in [7, 11) is 0. The Morgan fingerprint density at radius 1 is 1.24 bits per heavy atom. The highest BCUT2D eigenvalue weighted by Gasteiger charge is 2.21. The summed E-state index contributed by atoms with van der Waals surface area (Å²) in [5.41, 5.74) is 3.19. The molecule has 0 saturated heterocycles. The third-order valence-corrected chi connectivity index (χ3v) is 2.49. The fraction of sp³-hybridized carbons (Fsp3) is 0.467. The Morgan fingerprint density at radius 3 is 2.29 bits per heavy atom. The highest BCUT2D eigenvalue weighted by Crippen LogP contribution is 2.21. The summed E-state index contributed by atoms with van der Waals surface area (Å²) in [6.07, 6.45) is -1.81. The minimum absolute atomic E-state index is 0.265. The lowest BCUT2D eigenvalue weighted by Crippen LogP contribution is -2.33. The summed E-state index contributed by atoms with van der Waals surface area (Å²) < 4.78 is 5.03. The van der Waals surface area contributed by atoms with Gasteiger partial charge in [0, 0.05) is 0 Å². The van der Waals surface area contributed by atoms with Crippen LogP contribution in [0.2, 0.25) is 0 Å². The van der Waals surface area contributed by atoms with Gasteiger partial charge in [-0.1, -0.05) is 29.8 Å². The fourth-order valence-corrected chi connectivity index (χ4v) is 1.59. The number of carbonyl (C=O) groups excluding carboxylic acids is 1. The number of carbonyl (C=O) groups is 2. The van der Waals surface area contributed by atoms with Crippen molar-refractivity contribution in [3.05, 3.63) is 35.4 Å². The van der Waals surface area contributed by atoms with Crippen molar-refractivity contribution in [3.63, 3.8) is 0 Å². The molecule has 0 heterocycles. The number of aliphatic carboxylic acids is 1. The van der Waals surface area contributed by atoms with Crippen LogP contribution in [0, 0.1) is 6.92 Å². The van der Waals surface area contributed by atoms with Gasteiger partial charge in [0.05, 0.1) is 6.42 Å². The molecule has 0 aliphatic carbocycles. The lowest BCUT2D eigenvalue weighted by molar-refractivity contribution is -0.142. The fourth-order valence-electron chi connectivity index (χ4n) is 1.59. The van der Waals surface area contributed by atoms with E-state index in [-0.39, 0.29) is 6.42 Å². The number of carboxylic acids is 1. The number of hydrogen-bond donors (Lipinski definition) is 2. The summed E-state index contributed by atoms with van der Waals surface area (Å²) in [5.74, 6) is -1.02. The lowest BCUT2D eigenvalue weighted by atomic mass is 10.1. The van der Waals surface area contributed by atoms with Crippen LogP contribution in [0.3, 0.4) is 0 Å². The van der Waals surface area contributed by atoms with Gasteiger partial charge in [-0.2, -0.15) is 5.48 Å². The summed E-state index contributed by atoms with van der Waals surface area (Å²) >= 11 is 0. The van der Waals surface area contributed by atoms with Crippen molar-refractivity contribution in [3.8, 4) is 0 Å². The van der Waals surface area contributed by atoms with Crippen molar-refractivity contribution < 1.29 is 24.3 Å². The van der Waals surface area contributed by atoms with Gasteiger partial charge in [0.15, 0.2) is 0 Å². The number of benzene rings is 1. The minimum Gasteiger partial charge on any atom is -0.481 e. The molecule has 1 amide bonds. The van der Waals surface area contributed by atoms with Crippen LogP contribution in [0.1, 0.15) is 44.4 Å². The van der Waals surface area contributed by atoms with E-state index in [1.165, 1.54) is 0 Å². The molecule has 21 heavy (non-hydrogen) atoms. The van der Waals surface area contributed by atoms with Gasteiger partial charge in [-0.15, -0.1) is 0 Å². The predicted molar refractivity (Wildman–Crippen MR) is 76.6 cm³/mol. The van der Waals surface area contributed by atoms with Crippen LogP contribution < -0.4 is 5.48 Å². The third kappa shape index (κ3) is 6.76. The summed E-state index contributed by atoms with van der Waals surface area (Å²) in [5, 5.41) is 8.93. The molecule has 1 aromatic rings. The van der Waals surface area contributed by atoms with E-state index < -0.39 is 23.8 Å². The number of hydrogen-bond acceptors (Lipinski definition) is 4. The first-order valence-electron chi connectivity index (χ1n) is 6.60. The Bertz CT molecular complexity index is 490. The second-order valence-electron chi connectivity index (χ2n) is 5.72. The van der Waals surface area contributed by atoms with Crippen LogP contribution in [0.15, 0.2) is 24.3 Å². The number of aryl methyl sites for hydroxylation is 1. The molecule has 0 aromatic heterocycles. The van der Waals surface area contributed by atoms with E-state index in [2.05, 4.69) is 5.48 Å². The Labute approximate surface area is 124 Å². The number of carboxylic acid groups (broad SMARTS) is 1. The molecule has 6 heteroatoms. The summed E-state index contributed by atoms with van der Waals surface area (Å²) in [6.45, 7) is 7.10. The molecule has 0 bridgehead atoms. The highest BCUT2D eigenvalue weighted by atomic mass is 16.7. The summed E-state index contributed by atoms with van der Waals surface area (Å²) in [4.78, 5) is 27.6. The van der Waals surface area contributed by atoms with E-state index in [9.17, 15) is 9.59 Å². The molecular formula is C15H21NO5. The van der Waals surface area contributed by atoms with Gasteiger partial charge in [-0.05, 0) is 33.3 Å². The SMILES string of the molecule is Cc1ccc(C(CC(=O)O)ONC(=O)OC(C)(C)C)cc1. The first-order valence-corrected chi connectivity index (χ1v) is 6.60. The Balaban J connectivity index is 2.69. The molecule has 0 aliphatic heterocycles. The maximum Gasteiger partial charge on any atom is 0.431 e. The van der Waals surface area contributed by atoms with Crippen LogP contribution in [-0.2, 0) is 14.4 Å². The molecule has 6 nitrogen and oxygen atoms in total. The van der Waals surface area contributed by atoms with E-state index >= 15 is 0 Å². The zero-order chi connectivity index (χ0) is 16.0. The van der Waals surface area contributed by atoms with Gasteiger partial charge in [-0.3, -0.25) is 9.63 Å². The van der Waals surface area contributed by atoms with Crippen molar-refractivity contribution in [2.24, 2.45) is 0 Å². The average molecular weight is 295 g/mol. The van der Waals surface area contributed by atoms with E-state index in [0.717, 1.165) is 5.56 Å².